The van der Waals surface area contributed by atoms with E-state index in [2.05, 4.69) is 88.5 Å². The SMILES string of the molecule is Cc1cn(-c2ccc(Nc3nc(-c4ccccc4-c4ccccc4)cs3)cc2)cn1. The van der Waals surface area contributed by atoms with Gasteiger partial charge in [-0.25, -0.2) is 9.97 Å². The van der Waals surface area contributed by atoms with Crippen LogP contribution in [0.25, 0.3) is 28.1 Å². The third kappa shape index (κ3) is 3.75. The minimum atomic E-state index is 0.874. The van der Waals surface area contributed by atoms with Crippen LogP contribution >= 0.6 is 11.3 Å². The highest BCUT2D eigenvalue weighted by atomic mass is 32.1. The Kier molecular flexibility index (Phi) is 4.87. The van der Waals surface area contributed by atoms with Gasteiger partial charge in [-0.05, 0) is 42.3 Å². The van der Waals surface area contributed by atoms with Crippen molar-refractivity contribution >= 4 is 22.2 Å². The van der Waals surface area contributed by atoms with Crippen molar-refractivity contribution in [2.24, 2.45) is 0 Å². The average molecular weight is 409 g/mol. The fourth-order valence-corrected chi connectivity index (χ4v) is 4.16. The standard InChI is InChI=1S/C25H20N4S/c1-18-15-29(17-26-18)21-13-11-20(12-14-21)27-25-28-24(16-30-25)23-10-6-5-9-22(23)19-7-3-2-4-8-19/h2-17H,1H3,(H,27,28). The van der Waals surface area contributed by atoms with Gasteiger partial charge in [0.25, 0.3) is 0 Å². The summed E-state index contributed by atoms with van der Waals surface area (Å²) in [5, 5.41) is 6.40. The van der Waals surface area contributed by atoms with Crippen LogP contribution in [0.4, 0.5) is 10.8 Å². The van der Waals surface area contributed by atoms with Gasteiger partial charge < -0.3 is 9.88 Å². The molecule has 2 heterocycles. The molecular formula is C25H20N4S. The smallest absolute Gasteiger partial charge is 0.187 e. The number of imidazole rings is 1. The molecule has 0 radical (unpaired) electrons. The molecule has 0 aliphatic heterocycles. The van der Waals surface area contributed by atoms with Crippen molar-refractivity contribution in [2.45, 2.75) is 6.92 Å². The quantitative estimate of drug-likeness (QED) is 0.351. The molecule has 5 rings (SSSR count). The number of nitrogens with one attached hydrogen (secondary N) is 1. The first kappa shape index (κ1) is 18.3. The molecule has 0 aliphatic rings. The first-order chi connectivity index (χ1) is 14.8. The first-order valence-corrected chi connectivity index (χ1v) is 10.6. The predicted molar refractivity (Wildman–Crippen MR) is 125 cm³/mol. The summed E-state index contributed by atoms with van der Waals surface area (Å²) in [7, 11) is 0. The summed E-state index contributed by atoms with van der Waals surface area (Å²) in [5.41, 5.74) is 7.59. The van der Waals surface area contributed by atoms with E-state index >= 15 is 0 Å². The van der Waals surface area contributed by atoms with Gasteiger partial charge in [0, 0.05) is 28.5 Å². The second-order valence-electron chi connectivity index (χ2n) is 7.04. The molecular weight excluding hydrogens is 388 g/mol. The molecule has 30 heavy (non-hydrogen) atoms. The molecule has 5 aromatic rings. The van der Waals surface area contributed by atoms with Crippen molar-refractivity contribution < 1.29 is 0 Å². The van der Waals surface area contributed by atoms with Crippen molar-refractivity contribution in [3.63, 3.8) is 0 Å². The Labute approximate surface area is 179 Å². The first-order valence-electron chi connectivity index (χ1n) is 9.75. The number of aromatic nitrogens is 3. The maximum absolute atomic E-state index is 4.84. The van der Waals surface area contributed by atoms with Gasteiger partial charge >= 0.3 is 0 Å². The van der Waals surface area contributed by atoms with Crippen LogP contribution in [-0.4, -0.2) is 14.5 Å². The summed E-state index contributed by atoms with van der Waals surface area (Å²) in [5.74, 6) is 0. The van der Waals surface area contributed by atoms with Crippen molar-refractivity contribution in [1.29, 1.82) is 0 Å². The summed E-state index contributed by atoms with van der Waals surface area (Å²) in [4.78, 5) is 9.12. The zero-order chi connectivity index (χ0) is 20.3. The highest BCUT2D eigenvalue weighted by molar-refractivity contribution is 7.14. The summed E-state index contributed by atoms with van der Waals surface area (Å²) in [6.07, 6.45) is 3.84. The van der Waals surface area contributed by atoms with Crippen LogP contribution in [-0.2, 0) is 0 Å². The molecule has 1 N–H and O–H groups in total. The predicted octanol–water partition coefficient (Wildman–Crippen LogP) is 6.71. The maximum atomic E-state index is 4.84. The van der Waals surface area contributed by atoms with E-state index in [-0.39, 0.29) is 0 Å². The van der Waals surface area contributed by atoms with E-state index in [0.717, 1.165) is 33.5 Å². The van der Waals surface area contributed by atoms with Gasteiger partial charge in [0.15, 0.2) is 5.13 Å². The molecule has 0 fully saturated rings. The largest absolute Gasteiger partial charge is 0.332 e. The molecule has 146 valence electrons. The fourth-order valence-electron chi connectivity index (χ4n) is 3.43. The van der Waals surface area contributed by atoms with Gasteiger partial charge in [0.1, 0.15) is 0 Å². The van der Waals surface area contributed by atoms with Crippen LogP contribution in [0.3, 0.4) is 0 Å². The van der Waals surface area contributed by atoms with E-state index in [4.69, 9.17) is 4.98 Å². The molecule has 0 aliphatic carbocycles. The Balaban J connectivity index is 1.38. The van der Waals surface area contributed by atoms with E-state index in [9.17, 15) is 0 Å². The second-order valence-corrected chi connectivity index (χ2v) is 7.90. The van der Waals surface area contributed by atoms with Crippen molar-refractivity contribution in [2.75, 3.05) is 5.32 Å². The van der Waals surface area contributed by atoms with E-state index in [1.165, 1.54) is 11.1 Å². The van der Waals surface area contributed by atoms with Crippen molar-refractivity contribution in [3.05, 3.63) is 102 Å². The van der Waals surface area contributed by atoms with Crippen LogP contribution in [0.15, 0.2) is 96.8 Å². The third-order valence-corrected chi connectivity index (χ3v) is 5.68. The summed E-state index contributed by atoms with van der Waals surface area (Å²) in [6.45, 7) is 1.99. The second kappa shape index (κ2) is 7.97. The minimum absolute atomic E-state index is 0.874. The highest BCUT2D eigenvalue weighted by Gasteiger charge is 2.10. The topological polar surface area (TPSA) is 42.7 Å². The molecule has 0 bridgehead atoms. The lowest BCUT2D eigenvalue weighted by Gasteiger charge is -2.08. The van der Waals surface area contributed by atoms with Gasteiger partial charge in [-0.3, -0.25) is 0 Å². The lowest BCUT2D eigenvalue weighted by Crippen LogP contribution is -1.93. The Morgan fingerprint density at radius 2 is 1.57 bits per heavy atom. The molecule has 3 aromatic carbocycles. The Morgan fingerprint density at radius 3 is 2.30 bits per heavy atom. The molecule has 2 aromatic heterocycles. The number of hydrogen-bond donors (Lipinski definition) is 1. The number of hydrogen-bond acceptors (Lipinski definition) is 4. The van der Waals surface area contributed by atoms with Crippen molar-refractivity contribution in [1.82, 2.24) is 14.5 Å². The molecule has 0 unspecified atom stereocenters. The minimum Gasteiger partial charge on any atom is -0.332 e. The van der Waals surface area contributed by atoms with E-state index in [0.29, 0.717) is 0 Å². The molecule has 4 nitrogen and oxygen atoms in total. The number of benzene rings is 3. The lowest BCUT2D eigenvalue weighted by atomic mass is 9.98. The molecule has 0 spiro atoms. The van der Waals surface area contributed by atoms with Crippen LogP contribution in [0.2, 0.25) is 0 Å². The number of thiazole rings is 1. The summed E-state index contributed by atoms with van der Waals surface area (Å²) in [6, 6.07) is 27.1. The van der Waals surface area contributed by atoms with Crippen molar-refractivity contribution in [3.8, 4) is 28.1 Å². The highest BCUT2D eigenvalue weighted by Crippen LogP contribution is 2.34. The number of anilines is 2. The number of rotatable bonds is 5. The van der Waals surface area contributed by atoms with Gasteiger partial charge in [-0.15, -0.1) is 11.3 Å². The molecule has 0 atom stereocenters. The van der Waals surface area contributed by atoms with E-state index in [1.54, 1.807) is 11.3 Å². The summed E-state index contributed by atoms with van der Waals surface area (Å²) >= 11 is 1.61. The molecule has 5 heteroatoms. The van der Waals surface area contributed by atoms with Crippen LogP contribution < -0.4 is 5.32 Å². The normalized spacial score (nSPS) is 10.8. The van der Waals surface area contributed by atoms with Crippen LogP contribution in [0.1, 0.15) is 5.69 Å². The number of nitrogens with zero attached hydrogens (tertiary/aromatic N) is 3. The maximum Gasteiger partial charge on any atom is 0.187 e. The Hall–Kier alpha value is -3.70. The Bertz CT molecular complexity index is 1270. The van der Waals surface area contributed by atoms with Gasteiger partial charge in [-0.2, -0.15) is 0 Å². The molecule has 0 saturated heterocycles. The fraction of sp³-hybridized carbons (Fsp3) is 0.0400. The van der Waals surface area contributed by atoms with E-state index in [1.807, 2.05) is 30.1 Å². The van der Waals surface area contributed by atoms with Crippen LogP contribution in [0.5, 0.6) is 0 Å². The lowest BCUT2D eigenvalue weighted by molar-refractivity contribution is 1.06. The average Bonchev–Trinajstić information content (AvgIpc) is 3.44. The number of aryl methyl sites for hydroxylation is 1. The molecule has 0 saturated carbocycles. The van der Waals surface area contributed by atoms with Gasteiger partial charge in [0.05, 0.1) is 17.7 Å². The van der Waals surface area contributed by atoms with Gasteiger partial charge in [-0.1, -0.05) is 54.6 Å². The Morgan fingerprint density at radius 1 is 0.833 bits per heavy atom. The van der Waals surface area contributed by atoms with E-state index < -0.39 is 0 Å². The zero-order valence-corrected chi connectivity index (χ0v) is 17.3. The zero-order valence-electron chi connectivity index (χ0n) is 16.5. The molecule has 0 amide bonds. The third-order valence-electron chi connectivity index (χ3n) is 4.92. The van der Waals surface area contributed by atoms with Crippen LogP contribution in [0, 0.1) is 6.92 Å². The van der Waals surface area contributed by atoms with Gasteiger partial charge in [0.2, 0.25) is 0 Å². The summed E-state index contributed by atoms with van der Waals surface area (Å²) < 4.78 is 2.02. The monoisotopic (exact) mass is 408 g/mol.